The van der Waals surface area contributed by atoms with E-state index in [4.69, 9.17) is 16.3 Å². The SMILES string of the molecule is Cc1ccccc1[C@@H](NC(=O)COc1ccc(Cl)cc1)c1ccccc1. The minimum Gasteiger partial charge on any atom is -0.484 e. The molecule has 0 aliphatic rings. The molecule has 1 amide bonds. The van der Waals surface area contributed by atoms with Crippen LogP contribution in [0.25, 0.3) is 0 Å². The summed E-state index contributed by atoms with van der Waals surface area (Å²) in [6.45, 7) is 1.98. The standard InChI is InChI=1S/C22H20ClNO2/c1-16-7-5-6-10-20(16)22(17-8-3-2-4-9-17)24-21(25)15-26-19-13-11-18(23)12-14-19/h2-14,22H,15H2,1H3,(H,24,25)/t22-/m0/s1. The van der Waals surface area contributed by atoms with Gasteiger partial charge in [0.15, 0.2) is 6.61 Å². The van der Waals surface area contributed by atoms with E-state index in [9.17, 15) is 4.79 Å². The lowest BCUT2D eigenvalue weighted by molar-refractivity contribution is -0.123. The van der Waals surface area contributed by atoms with Crippen LogP contribution in [-0.2, 0) is 4.79 Å². The molecule has 3 aromatic carbocycles. The predicted octanol–water partition coefficient (Wildman–Crippen LogP) is 4.93. The van der Waals surface area contributed by atoms with Gasteiger partial charge in [-0.1, -0.05) is 66.2 Å². The number of ether oxygens (including phenoxy) is 1. The Kier molecular flexibility index (Phi) is 5.92. The molecule has 0 saturated heterocycles. The highest BCUT2D eigenvalue weighted by Crippen LogP contribution is 2.24. The summed E-state index contributed by atoms with van der Waals surface area (Å²) in [6, 6.07) is 24.7. The average Bonchev–Trinajstić information content (AvgIpc) is 2.67. The number of hydrogen-bond acceptors (Lipinski definition) is 2. The van der Waals surface area contributed by atoms with Gasteiger partial charge in [0, 0.05) is 5.02 Å². The fourth-order valence-electron chi connectivity index (χ4n) is 2.78. The highest BCUT2D eigenvalue weighted by molar-refractivity contribution is 6.30. The van der Waals surface area contributed by atoms with Crippen LogP contribution in [0.4, 0.5) is 0 Å². The molecule has 1 N–H and O–H groups in total. The zero-order valence-corrected chi connectivity index (χ0v) is 15.2. The van der Waals surface area contributed by atoms with E-state index in [1.807, 2.05) is 61.5 Å². The summed E-state index contributed by atoms with van der Waals surface area (Å²) in [6.07, 6.45) is 0. The first-order valence-corrected chi connectivity index (χ1v) is 8.79. The van der Waals surface area contributed by atoms with Gasteiger partial charge in [0.1, 0.15) is 5.75 Å². The Hall–Kier alpha value is -2.78. The van der Waals surface area contributed by atoms with Crippen molar-refractivity contribution in [3.8, 4) is 5.75 Å². The van der Waals surface area contributed by atoms with E-state index in [0.717, 1.165) is 16.7 Å². The van der Waals surface area contributed by atoms with Gasteiger partial charge >= 0.3 is 0 Å². The van der Waals surface area contributed by atoms with Gasteiger partial charge < -0.3 is 10.1 Å². The second-order valence-corrected chi connectivity index (χ2v) is 6.45. The first-order chi connectivity index (χ1) is 12.6. The van der Waals surface area contributed by atoms with Crippen molar-refractivity contribution in [2.75, 3.05) is 6.61 Å². The van der Waals surface area contributed by atoms with Crippen molar-refractivity contribution in [3.63, 3.8) is 0 Å². The van der Waals surface area contributed by atoms with Crippen LogP contribution in [0.3, 0.4) is 0 Å². The van der Waals surface area contributed by atoms with Gasteiger partial charge in [-0.25, -0.2) is 0 Å². The van der Waals surface area contributed by atoms with Crippen LogP contribution in [0.15, 0.2) is 78.9 Å². The lowest BCUT2D eigenvalue weighted by atomic mass is 9.95. The molecule has 0 fully saturated rings. The Labute approximate surface area is 158 Å². The Morgan fingerprint density at radius 1 is 0.962 bits per heavy atom. The Bertz CT molecular complexity index is 863. The molecule has 132 valence electrons. The van der Waals surface area contributed by atoms with E-state index in [-0.39, 0.29) is 18.6 Å². The predicted molar refractivity (Wildman–Crippen MR) is 105 cm³/mol. The van der Waals surface area contributed by atoms with E-state index in [2.05, 4.69) is 5.32 Å². The summed E-state index contributed by atoms with van der Waals surface area (Å²) < 4.78 is 5.55. The summed E-state index contributed by atoms with van der Waals surface area (Å²) in [5, 5.41) is 3.71. The van der Waals surface area contributed by atoms with Crippen LogP contribution in [-0.4, -0.2) is 12.5 Å². The van der Waals surface area contributed by atoms with Crippen molar-refractivity contribution in [2.24, 2.45) is 0 Å². The third-order valence-electron chi connectivity index (χ3n) is 4.12. The molecule has 3 aromatic rings. The third-order valence-corrected chi connectivity index (χ3v) is 4.37. The lowest BCUT2D eigenvalue weighted by Gasteiger charge is -2.21. The summed E-state index contributed by atoms with van der Waals surface area (Å²) >= 11 is 5.86. The van der Waals surface area contributed by atoms with E-state index < -0.39 is 0 Å². The number of carbonyl (C=O) groups is 1. The van der Waals surface area contributed by atoms with E-state index in [1.165, 1.54) is 0 Å². The molecule has 0 heterocycles. The van der Waals surface area contributed by atoms with Crippen LogP contribution >= 0.6 is 11.6 Å². The first kappa shape index (κ1) is 18.0. The molecule has 0 unspecified atom stereocenters. The minimum atomic E-state index is -0.223. The Balaban J connectivity index is 1.74. The van der Waals surface area contributed by atoms with Gasteiger partial charge in [0.2, 0.25) is 0 Å². The van der Waals surface area contributed by atoms with Gasteiger partial charge in [0.25, 0.3) is 5.91 Å². The van der Waals surface area contributed by atoms with Gasteiger partial charge in [-0.2, -0.15) is 0 Å². The molecule has 0 aromatic heterocycles. The number of amides is 1. The van der Waals surface area contributed by atoms with Gasteiger partial charge in [0.05, 0.1) is 6.04 Å². The summed E-state index contributed by atoms with van der Waals surface area (Å²) in [7, 11) is 0. The number of nitrogens with one attached hydrogen (secondary N) is 1. The molecular formula is C22H20ClNO2. The maximum absolute atomic E-state index is 12.5. The lowest BCUT2D eigenvalue weighted by Crippen LogP contribution is -2.33. The molecule has 0 spiro atoms. The van der Waals surface area contributed by atoms with Crippen molar-refractivity contribution in [1.82, 2.24) is 5.32 Å². The van der Waals surface area contributed by atoms with Crippen LogP contribution in [0.1, 0.15) is 22.7 Å². The molecule has 26 heavy (non-hydrogen) atoms. The molecule has 0 bridgehead atoms. The summed E-state index contributed by atoms with van der Waals surface area (Å²) in [4.78, 5) is 12.5. The Morgan fingerprint density at radius 2 is 1.62 bits per heavy atom. The molecule has 0 radical (unpaired) electrons. The van der Waals surface area contributed by atoms with Crippen molar-refractivity contribution < 1.29 is 9.53 Å². The largest absolute Gasteiger partial charge is 0.484 e. The minimum absolute atomic E-state index is 0.0587. The summed E-state index contributed by atoms with van der Waals surface area (Å²) in [5.74, 6) is 0.425. The third kappa shape index (κ3) is 4.64. The first-order valence-electron chi connectivity index (χ1n) is 8.41. The number of carbonyl (C=O) groups excluding carboxylic acids is 1. The van der Waals surface area contributed by atoms with Gasteiger partial charge in [-0.05, 0) is 47.9 Å². The van der Waals surface area contributed by atoms with Crippen LogP contribution < -0.4 is 10.1 Å². The van der Waals surface area contributed by atoms with Crippen LogP contribution in [0.2, 0.25) is 5.02 Å². The monoisotopic (exact) mass is 365 g/mol. The second kappa shape index (κ2) is 8.54. The quantitative estimate of drug-likeness (QED) is 0.672. The molecule has 0 aliphatic heterocycles. The highest BCUT2D eigenvalue weighted by atomic mass is 35.5. The van der Waals surface area contributed by atoms with E-state index in [0.29, 0.717) is 10.8 Å². The molecular weight excluding hydrogens is 346 g/mol. The zero-order valence-electron chi connectivity index (χ0n) is 14.5. The fourth-order valence-corrected chi connectivity index (χ4v) is 2.91. The number of aryl methyl sites for hydroxylation is 1. The zero-order chi connectivity index (χ0) is 18.4. The molecule has 1 atom stereocenters. The maximum Gasteiger partial charge on any atom is 0.258 e. The number of halogens is 1. The number of benzene rings is 3. The maximum atomic E-state index is 12.5. The summed E-state index contributed by atoms with van der Waals surface area (Å²) in [5.41, 5.74) is 3.22. The normalized spacial score (nSPS) is 11.6. The van der Waals surface area contributed by atoms with Crippen molar-refractivity contribution in [2.45, 2.75) is 13.0 Å². The van der Waals surface area contributed by atoms with E-state index >= 15 is 0 Å². The molecule has 3 rings (SSSR count). The molecule has 0 aliphatic carbocycles. The number of hydrogen-bond donors (Lipinski definition) is 1. The van der Waals surface area contributed by atoms with E-state index in [1.54, 1.807) is 24.3 Å². The van der Waals surface area contributed by atoms with Gasteiger partial charge in [-0.15, -0.1) is 0 Å². The highest BCUT2D eigenvalue weighted by Gasteiger charge is 2.18. The molecule has 0 saturated carbocycles. The second-order valence-electron chi connectivity index (χ2n) is 6.01. The smallest absolute Gasteiger partial charge is 0.258 e. The van der Waals surface area contributed by atoms with Gasteiger partial charge in [-0.3, -0.25) is 4.79 Å². The topological polar surface area (TPSA) is 38.3 Å². The number of rotatable bonds is 6. The molecule has 3 nitrogen and oxygen atoms in total. The van der Waals surface area contributed by atoms with Crippen molar-refractivity contribution >= 4 is 17.5 Å². The van der Waals surface area contributed by atoms with Crippen molar-refractivity contribution in [3.05, 3.63) is 101 Å². The van der Waals surface area contributed by atoms with Crippen LogP contribution in [0, 0.1) is 6.92 Å². The van der Waals surface area contributed by atoms with Crippen molar-refractivity contribution in [1.29, 1.82) is 0 Å². The Morgan fingerprint density at radius 3 is 2.31 bits per heavy atom. The van der Waals surface area contributed by atoms with Crippen LogP contribution in [0.5, 0.6) is 5.75 Å². The fraction of sp³-hybridized carbons (Fsp3) is 0.136. The average molecular weight is 366 g/mol. The molecule has 4 heteroatoms.